The van der Waals surface area contributed by atoms with Crippen molar-refractivity contribution in [1.29, 1.82) is 0 Å². The number of hydrogen-bond donors (Lipinski definition) is 4. The van der Waals surface area contributed by atoms with Crippen LogP contribution < -0.4 is 20.4 Å². The zero-order valence-electron chi connectivity index (χ0n) is 19.3. The van der Waals surface area contributed by atoms with Crippen molar-refractivity contribution in [2.45, 2.75) is 25.8 Å². The second kappa shape index (κ2) is 9.41. The predicted octanol–water partition coefficient (Wildman–Crippen LogP) is 2.66. The van der Waals surface area contributed by atoms with Crippen LogP contribution in [0.2, 0.25) is 0 Å². The van der Waals surface area contributed by atoms with E-state index in [1.807, 2.05) is 0 Å². The Bertz CT molecular complexity index is 1500. The molecule has 182 valence electrons. The number of aromatic amines is 1. The zero-order valence-corrected chi connectivity index (χ0v) is 19.3. The third kappa shape index (κ3) is 4.50. The van der Waals surface area contributed by atoms with Gasteiger partial charge in [0.2, 0.25) is 11.7 Å². The van der Waals surface area contributed by atoms with Crippen LogP contribution in [0.4, 0.5) is 0 Å². The molecule has 0 saturated heterocycles. The van der Waals surface area contributed by atoms with E-state index in [2.05, 4.69) is 10.3 Å². The lowest BCUT2D eigenvalue weighted by Gasteiger charge is -2.15. The average Bonchev–Trinajstić information content (AvgIpc) is 3.22. The number of aryl methyl sites for hydroxylation is 1. The molecule has 0 saturated carbocycles. The second-order valence-corrected chi connectivity index (χ2v) is 8.05. The molecule has 2 heterocycles. The summed E-state index contributed by atoms with van der Waals surface area (Å²) in [6.45, 7) is 1.68. The first-order valence-electron chi connectivity index (χ1n) is 10.7. The Morgan fingerprint density at radius 1 is 1.14 bits per heavy atom. The number of phenols is 1. The van der Waals surface area contributed by atoms with E-state index in [1.165, 1.54) is 26.4 Å². The first kappa shape index (κ1) is 23.7. The van der Waals surface area contributed by atoms with Gasteiger partial charge in [-0.1, -0.05) is 0 Å². The molecule has 0 radical (unpaired) electrons. The second-order valence-electron chi connectivity index (χ2n) is 8.05. The predicted molar refractivity (Wildman–Crippen MR) is 127 cm³/mol. The van der Waals surface area contributed by atoms with Crippen LogP contribution in [-0.4, -0.2) is 47.3 Å². The normalized spacial score (nSPS) is 12.0. The molecule has 0 aliphatic rings. The van der Waals surface area contributed by atoms with Crippen LogP contribution in [0.1, 0.15) is 16.7 Å². The van der Waals surface area contributed by atoms with Crippen LogP contribution >= 0.6 is 0 Å². The molecule has 0 aliphatic heterocycles. The molecule has 10 nitrogen and oxygen atoms in total. The van der Waals surface area contributed by atoms with Crippen LogP contribution in [0.25, 0.3) is 21.9 Å². The number of ether oxygens (including phenoxy) is 2. The molecule has 10 heteroatoms. The number of H-pyrrole nitrogens is 1. The fraction of sp³-hybridized carbons (Fsp3) is 0.240. The third-order valence-corrected chi connectivity index (χ3v) is 5.94. The van der Waals surface area contributed by atoms with Gasteiger partial charge in [0, 0.05) is 28.9 Å². The summed E-state index contributed by atoms with van der Waals surface area (Å²) in [7, 11) is 2.89. The average molecular weight is 480 g/mol. The van der Waals surface area contributed by atoms with E-state index in [0.29, 0.717) is 27.6 Å². The highest BCUT2D eigenvalue weighted by molar-refractivity contribution is 5.91. The molecule has 4 aromatic rings. The number of carboxylic acids is 1. The number of carbonyl (C=O) groups is 2. The molecule has 4 N–H and O–H groups in total. The van der Waals surface area contributed by atoms with Gasteiger partial charge >= 0.3 is 11.6 Å². The van der Waals surface area contributed by atoms with E-state index in [0.717, 1.165) is 5.52 Å². The number of aromatic nitrogens is 1. The van der Waals surface area contributed by atoms with Crippen molar-refractivity contribution < 1.29 is 33.7 Å². The minimum absolute atomic E-state index is 0.0210. The Balaban J connectivity index is 1.59. The summed E-state index contributed by atoms with van der Waals surface area (Å²) in [5.74, 6) is -1.18. The molecule has 1 amide bonds. The fourth-order valence-corrected chi connectivity index (χ4v) is 4.13. The van der Waals surface area contributed by atoms with E-state index in [1.54, 1.807) is 31.3 Å². The first-order valence-corrected chi connectivity index (χ1v) is 10.7. The number of aromatic hydroxyl groups is 1. The quantitative estimate of drug-likeness (QED) is 0.281. The highest BCUT2D eigenvalue weighted by Crippen LogP contribution is 2.36. The van der Waals surface area contributed by atoms with Gasteiger partial charge < -0.3 is 34.4 Å². The molecule has 0 fully saturated rings. The maximum Gasteiger partial charge on any atom is 0.340 e. The highest BCUT2D eigenvalue weighted by Gasteiger charge is 2.24. The maximum absolute atomic E-state index is 12.8. The van der Waals surface area contributed by atoms with Crippen molar-refractivity contribution in [2.24, 2.45) is 0 Å². The number of fused-ring (bicyclic) bond motifs is 2. The Labute approximate surface area is 199 Å². The summed E-state index contributed by atoms with van der Waals surface area (Å²) in [5.41, 5.74) is 1.45. The van der Waals surface area contributed by atoms with Crippen LogP contribution in [0.3, 0.4) is 0 Å². The van der Waals surface area contributed by atoms with Gasteiger partial charge in [-0.2, -0.15) is 0 Å². The molecular formula is C25H24N2O8. The Hall–Kier alpha value is -4.47. The minimum atomic E-state index is -1.25. The van der Waals surface area contributed by atoms with Crippen molar-refractivity contribution >= 4 is 33.7 Å². The molecule has 0 spiro atoms. The van der Waals surface area contributed by atoms with Crippen molar-refractivity contribution in [2.75, 3.05) is 14.2 Å². The number of amides is 1. The number of methoxy groups -OCH3 is 2. The molecule has 2 aromatic carbocycles. The Morgan fingerprint density at radius 3 is 2.60 bits per heavy atom. The molecular weight excluding hydrogens is 456 g/mol. The smallest absolute Gasteiger partial charge is 0.340 e. The lowest BCUT2D eigenvalue weighted by Crippen LogP contribution is -2.43. The van der Waals surface area contributed by atoms with Gasteiger partial charge in [-0.15, -0.1) is 0 Å². The standard InChI is InChI=1S/C25H24N2O8/c1-12-15-5-7-20(33-2)23(34-3)22(15)35-25(32)16(12)10-21(29)27-19(24(30)31)8-13-11-26-18-6-4-14(28)9-17(13)18/h4-7,9,11,19,26,28H,8,10H2,1-3H3,(H,27,29)(H,30,31)/t19-/m1/s1. The number of carboxylic acid groups (broad SMARTS) is 1. The number of benzene rings is 2. The summed E-state index contributed by atoms with van der Waals surface area (Å²) in [5, 5.41) is 23.2. The largest absolute Gasteiger partial charge is 0.508 e. The van der Waals surface area contributed by atoms with Crippen molar-refractivity contribution in [1.82, 2.24) is 10.3 Å². The molecule has 0 aliphatic carbocycles. The van der Waals surface area contributed by atoms with Gasteiger partial charge in [0.15, 0.2) is 11.3 Å². The summed E-state index contributed by atoms with van der Waals surface area (Å²) in [6.07, 6.45) is 1.25. The zero-order chi connectivity index (χ0) is 25.3. The highest BCUT2D eigenvalue weighted by atomic mass is 16.5. The number of aliphatic carboxylic acids is 1. The first-order chi connectivity index (χ1) is 16.7. The van der Waals surface area contributed by atoms with Crippen molar-refractivity contribution in [3.8, 4) is 17.2 Å². The lowest BCUT2D eigenvalue weighted by molar-refractivity contribution is -0.141. The van der Waals surface area contributed by atoms with E-state index < -0.39 is 23.5 Å². The van der Waals surface area contributed by atoms with E-state index in [9.17, 15) is 24.6 Å². The van der Waals surface area contributed by atoms with Crippen molar-refractivity contribution in [3.05, 3.63) is 63.6 Å². The molecule has 2 aromatic heterocycles. The third-order valence-electron chi connectivity index (χ3n) is 5.94. The number of nitrogens with one attached hydrogen (secondary N) is 2. The number of hydrogen-bond acceptors (Lipinski definition) is 7. The lowest BCUT2D eigenvalue weighted by atomic mass is 10.0. The van der Waals surface area contributed by atoms with Gasteiger partial charge in [0.05, 0.1) is 26.2 Å². The molecule has 0 unspecified atom stereocenters. The van der Waals surface area contributed by atoms with Crippen molar-refractivity contribution in [3.63, 3.8) is 0 Å². The van der Waals surface area contributed by atoms with Gasteiger partial charge in [-0.3, -0.25) is 4.79 Å². The minimum Gasteiger partial charge on any atom is -0.508 e. The summed E-state index contributed by atoms with van der Waals surface area (Å²) < 4.78 is 16.0. The molecule has 0 bridgehead atoms. The van der Waals surface area contributed by atoms with Gasteiger partial charge in [0.25, 0.3) is 0 Å². The number of carbonyl (C=O) groups excluding carboxylic acids is 1. The maximum atomic E-state index is 12.8. The molecule has 35 heavy (non-hydrogen) atoms. The van der Waals surface area contributed by atoms with E-state index >= 15 is 0 Å². The monoisotopic (exact) mass is 480 g/mol. The fourth-order valence-electron chi connectivity index (χ4n) is 4.13. The van der Waals surface area contributed by atoms with Gasteiger partial charge in [-0.05, 0) is 48.4 Å². The molecule has 1 atom stereocenters. The summed E-state index contributed by atoms with van der Waals surface area (Å²) in [4.78, 5) is 40.4. The van der Waals surface area contributed by atoms with E-state index in [4.69, 9.17) is 13.9 Å². The van der Waals surface area contributed by atoms with Crippen LogP contribution in [0, 0.1) is 6.92 Å². The Kier molecular flexibility index (Phi) is 6.37. The van der Waals surface area contributed by atoms with Crippen LogP contribution in [-0.2, 0) is 22.4 Å². The van der Waals surface area contributed by atoms with Crippen LogP contribution in [0.5, 0.6) is 17.2 Å². The topological polar surface area (TPSA) is 151 Å². The van der Waals surface area contributed by atoms with Gasteiger partial charge in [-0.25, -0.2) is 9.59 Å². The van der Waals surface area contributed by atoms with Gasteiger partial charge in [0.1, 0.15) is 11.8 Å². The Morgan fingerprint density at radius 2 is 1.91 bits per heavy atom. The number of rotatable bonds is 8. The summed E-state index contributed by atoms with van der Waals surface area (Å²) >= 11 is 0. The molecule has 4 rings (SSSR count). The number of phenolic OH excluding ortho intramolecular Hbond substituents is 1. The van der Waals surface area contributed by atoms with Crippen LogP contribution in [0.15, 0.2) is 45.7 Å². The SMILES string of the molecule is COc1ccc2c(C)c(CC(=O)N[C@H](Cc3c[nH]c4ccc(O)cc34)C(=O)O)c(=O)oc2c1OC. The van der Waals surface area contributed by atoms with E-state index in [-0.39, 0.29) is 35.5 Å². The summed E-state index contributed by atoms with van der Waals surface area (Å²) in [6, 6.07) is 6.83.